The number of hydrogen-bond acceptors (Lipinski definition) is 6. The van der Waals surface area contributed by atoms with E-state index in [-0.39, 0.29) is 16.2 Å². The molecule has 3 heterocycles. The highest BCUT2D eigenvalue weighted by molar-refractivity contribution is 5.51. The molecular weight excluding hydrogens is 358 g/mol. The third-order valence-electron chi connectivity index (χ3n) is 5.12. The predicted molar refractivity (Wildman–Crippen MR) is 107 cm³/mol. The number of nitrogens with zero attached hydrogens (tertiary/aromatic N) is 5. The van der Waals surface area contributed by atoms with Crippen LogP contribution in [0.3, 0.4) is 0 Å². The number of hydrogen-bond donors (Lipinski definition) is 0. The number of nitro benzene ring substituents is 1. The molecule has 1 aliphatic heterocycles. The van der Waals surface area contributed by atoms with Crippen molar-refractivity contribution in [3.63, 3.8) is 0 Å². The number of non-ortho nitro benzene ring substituents is 1. The number of pyridine rings is 1. The zero-order valence-electron chi connectivity index (χ0n) is 15.6. The summed E-state index contributed by atoms with van der Waals surface area (Å²) in [5.41, 5.74) is 3.36. The van der Waals surface area contributed by atoms with Gasteiger partial charge in [0, 0.05) is 62.3 Å². The first-order valence-electron chi connectivity index (χ1n) is 9.21. The second-order valence-electron chi connectivity index (χ2n) is 6.98. The van der Waals surface area contributed by atoms with Crippen LogP contribution < -0.4 is 10.5 Å². The van der Waals surface area contributed by atoms with E-state index in [1.54, 1.807) is 22.6 Å². The first-order chi connectivity index (χ1) is 13.5. The second kappa shape index (κ2) is 7.40. The second-order valence-corrected chi connectivity index (χ2v) is 6.98. The summed E-state index contributed by atoms with van der Waals surface area (Å²) in [5, 5.41) is 10.8. The fourth-order valence-electron chi connectivity index (χ4n) is 3.62. The predicted octanol–water partition coefficient (Wildman–Crippen LogP) is 2.23. The van der Waals surface area contributed by atoms with Gasteiger partial charge in [0.15, 0.2) is 0 Å². The molecule has 1 aromatic carbocycles. The van der Waals surface area contributed by atoms with Crippen molar-refractivity contribution in [1.29, 1.82) is 0 Å². The van der Waals surface area contributed by atoms with E-state index in [1.807, 2.05) is 25.1 Å². The quantitative estimate of drug-likeness (QED) is 0.511. The summed E-state index contributed by atoms with van der Waals surface area (Å²) < 4.78 is 1.62. The third kappa shape index (κ3) is 3.59. The number of anilines is 1. The lowest BCUT2D eigenvalue weighted by Gasteiger charge is -2.35. The summed E-state index contributed by atoms with van der Waals surface area (Å²) in [6.45, 7) is 5.85. The van der Waals surface area contributed by atoms with E-state index in [9.17, 15) is 14.9 Å². The number of aromatic nitrogens is 2. The van der Waals surface area contributed by atoms with Crippen LogP contribution in [0, 0.1) is 17.0 Å². The molecule has 1 saturated heterocycles. The molecule has 4 rings (SSSR count). The molecule has 0 spiro atoms. The van der Waals surface area contributed by atoms with E-state index in [0.717, 1.165) is 43.3 Å². The summed E-state index contributed by atoms with van der Waals surface area (Å²) in [7, 11) is 0. The molecule has 0 radical (unpaired) electrons. The lowest BCUT2D eigenvalue weighted by Crippen LogP contribution is -2.46. The van der Waals surface area contributed by atoms with Gasteiger partial charge in [-0.2, -0.15) is 0 Å². The number of piperazine rings is 1. The van der Waals surface area contributed by atoms with E-state index in [2.05, 4.69) is 14.8 Å². The van der Waals surface area contributed by atoms with Gasteiger partial charge in [-0.1, -0.05) is 6.07 Å². The molecule has 8 heteroatoms. The zero-order valence-corrected chi connectivity index (χ0v) is 15.6. The van der Waals surface area contributed by atoms with Crippen LogP contribution in [0.5, 0.6) is 0 Å². The van der Waals surface area contributed by atoms with Gasteiger partial charge < -0.3 is 4.90 Å². The Morgan fingerprint density at radius 2 is 1.79 bits per heavy atom. The molecule has 28 heavy (non-hydrogen) atoms. The maximum Gasteiger partial charge on any atom is 0.269 e. The highest BCUT2D eigenvalue weighted by atomic mass is 16.6. The zero-order chi connectivity index (χ0) is 19.7. The van der Waals surface area contributed by atoms with Gasteiger partial charge in [0.25, 0.3) is 11.2 Å². The molecule has 0 aliphatic carbocycles. The molecule has 144 valence electrons. The standard InChI is InChI=1S/C20H21N5O3/c1-15-3-2-4-19-21-16(13-20(26)24(15)19)14-22-9-11-23(12-10-22)17-5-7-18(8-6-17)25(27)28/h2-8,13H,9-12,14H2,1H3. The van der Waals surface area contributed by atoms with Gasteiger partial charge in [-0.15, -0.1) is 0 Å². The van der Waals surface area contributed by atoms with Crippen LogP contribution in [0.1, 0.15) is 11.4 Å². The Morgan fingerprint density at radius 1 is 1.07 bits per heavy atom. The largest absolute Gasteiger partial charge is 0.369 e. The van der Waals surface area contributed by atoms with Gasteiger partial charge in [-0.25, -0.2) is 4.98 Å². The normalized spacial score (nSPS) is 15.1. The highest BCUT2D eigenvalue weighted by Gasteiger charge is 2.19. The van der Waals surface area contributed by atoms with Crippen LogP contribution in [0.2, 0.25) is 0 Å². The highest BCUT2D eigenvalue weighted by Crippen LogP contribution is 2.21. The Bertz CT molecular complexity index is 1070. The summed E-state index contributed by atoms with van der Waals surface area (Å²) in [5.74, 6) is 0. The lowest BCUT2D eigenvalue weighted by atomic mass is 10.2. The van der Waals surface area contributed by atoms with Gasteiger partial charge >= 0.3 is 0 Å². The molecule has 0 unspecified atom stereocenters. The van der Waals surface area contributed by atoms with Crippen LogP contribution >= 0.6 is 0 Å². The molecule has 1 aliphatic rings. The molecule has 0 amide bonds. The van der Waals surface area contributed by atoms with Gasteiger partial charge in [-0.05, 0) is 31.2 Å². The molecule has 0 saturated carbocycles. The third-order valence-corrected chi connectivity index (χ3v) is 5.12. The fraction of sp³-hybridized carbons (Fsp3) is 0.300. The average molecular weight is 379 g/mol. The lowest BCUT2D eigenvalue weighted by molar-refractivity contribution is -0.384. The summed E-state index contributed by atoms with van der Waals surface area (Å²) in [6, 6.07) is 13.9. The minimum Gasteiger partial charge on any atom is -0.369 e. The first kappa shape index (κ1) is 18.1. The summed E-state index contributed by atoms with van der Waals surface area (Å²) >= 11 is 0. The number of rotatable bonds is 4. The molecule has 0 atom stereocenters. The van der Waals surface area contributed by atoms with Crippen molar-refractivity contribution in [2.24, 2.45) is 0 Å². The maximum atomic E-state index is 12.4. The van der Waals surface area contributed by atoms with E-state index >= 15 is 0 Å². The van der Waals surface area contributed by atoms with Crippen LogP contribution in [0.4, 0.5) is 11.4 Å². The van der Waals surface area contributed by atoms with Crippen LogP contribution in [-0.2, 0) is 6.54 Å². The molecule has 1 fully saturated rings. The fourth-order valence-corrected chi connectivity index (χ4v) is 3.62. The Labute approximate surface area is 161 Å². The molecule has 0 bridgehead atoms. The number of nitro groups is 1. The Hall–Kier alpha value is -3.26. The van der Waals surface area contributed by atoms with Crippen molar-refractivity contribution in [1.82, 2.24) is 14.3 Å². The van der Waals surface area contributed by atoms with Gasteiger partial charge in [-0.3, -0.25) is 24.2 Å². The van der Waals surface area contributed by atoms with E-state index in [4.69, 9.17) is 0 Å². The molecule has 8 nitrogen and oxygen atoms in total. The van der Waals surface area contributed by atoms with E-state index in [1.165, 1.54) is 12.1 Å². The van der Waals surface area contributed by atoms with Crippen LogP contribution in [0.25, 0.3) is 5.65 Å². The topological polar surface area (TPSA) is 84.0 Å². The van der Waals surface area contributed by atoms with Crippen molar-refractivity contribution in [2.75, 3.05) is 31.1 Å². The van der Waals surface area contributed by atoms with E-state index in [0.29, 0.717) is 12.2 Å². The Balaban J connectivity index is 1.42. The SMILES string of the molecule is Cc1cccc2nc(CN3CCN(c4ccc([N+](=O)[O-])cc4)CC3)cc(=O)n12. The summed E-state index contributed by atoms with van der Waals surface area (Å²) in [4.78, 5) is 31.9. The van der Waals surface area contributed by atoms with Crippen molar-refractivity contribution in [2.45, 2.75) is 13.5 Å². The molecule has 0 N–H and O–H groups in total. The van der Waals surface area contributed by atoms with Gasteiger partial charge in [0.2, 0.25) is 0 Å². The smallest absolute Gasteiger partial charge is 0.269 e. The first-order valence-corrected chi connectivity index (χ1v) is 9.21. The van der Waals surface area contributed by atoms with Crippen molar-refractivity contribution < 1.29 is 4.92 Å². The van der Waals surface area contributed by atoms with E-state index < -0.39 is 0 Å². The number of benzene rings is 1. The molecule has 3 aromatic rings. The minimum absolute atomic E-state index is 0.0531. The monoisotopic (exact) mass is 379 g/mol. The number of aryl methyl sites for hydroxylation is 1. The number of fused-ring (bicyclic) bond motifs is 1. The van der Waals surface area contributed by atoms with Gasteiger partial charge in [0.05, 0.1) is 10.6 Å². The minimum atomic E-state index is -0.387. The van der Waals surface area contributed by atoms with Crippen LogP contribution in [0.15, 0.2) is 53.3 Å². The summed E-state index contributed by atoms with van der Waals surface area (Å²) in [6.07, 6.45) is 0. The Kier molecular flexibility index (Phi) is 4.79. The average Bonchev–Trinajstić information content (AvgIpc) is 2.68. The van der Waals surface area contributed by atoms with Crippen LogP contribution in [-0.4, -0.2) is 45.4 Å². The van der Waals surface area contributed by atoms with Crippen molar-refractivity contribution in [3.05, 3.63) is 80.4 Å². The van der Waals surface area contributed by atoms with Crippen molar-refractivity contribution in [3.8, 4) is 0 Å². The molecule has 2 aromatic heterocycles. The maximum absolute atomic E-state index is 12.4. The van der Waals surface area contributed by atoms with Gasteiger partial charge in [0.1, 0.15) is 5.65 Å². The Morgan fingerprint density at radius 3 is 2.46 bits per heavy atom. The molecular formula is C20H21N5O3. The van der Waals surface area contributed by atoms with Crippen molar-refractivity contribution >= 4 is 17.0 Å².